The summed E-state index contributed by atoms with van der Waals surface area (Å²) in [5.41, 5.74) is 12.0. The highest BCUT2D eigenvalue weighted by atomic mass is 32.1. The molecule has 0 unspecified atom stereocenters. The number of β-amino-alcohol motifs (C(OH)–C–C–N with tert-alkyl or cyclic N) is 1. The Morgan fingerprint density at radius 3 is 2.07 bits per heavy atom. The zero-order chi connectivity index (χ0) is 63.6. The van der Waals surface area contributed by atoms with E-state index in [1.54, 1.807) is 11.3 Å². The van der Waals surface area contributed by atoms with Crippen molar-refractivity contribution in [3.05, 3.63) is 127 Å². The van der Waals surface area contributed by atoms with Crippen molar-refractivity contribution in [3.63, 3.8) is 0 Å². The number of ether oxygens (including phenoxy) is 1. The lowest BCUT2D eigenvalue weighted by atomic mass is 9.85. The van der Waals surface area contributed by atoms with E-state index in [9.17, 15) is 33.9 Å². The Balaban J connectivity index is 0.682. The number of hydrogen-bond donors (Lipinski definition) is 6. The number of carbonyl (C=O) groups excluding carboxylic acids is 5. The molecule has 6 N–H and O–H groups in total. The van der Waals surface area contributed by atoms with Crippen LogP contribution < -0.4 is 31.7 Å². The molecule has 8 rings (SSSR count). The monoisotopic (exact) mass is 1240 g/mol. The number of amides is 5. The molecular weight excluding hydrogens is 1140 g/mol. The van der Waals surface area contributed by atoms with E-state index >= 15 is 0 Å². The van der Waals surface area contributed by atoms with Gasteiger partial charge >= 0.3 is 0 Å². The van der Waals surface area contributed by atoms with Gasteiger partial charge in [-0.05, 0) is 123 Å². The van der Waals surface area contributed by atoms with Gasteiger partial charge in [0.15, 0.2) is 0 Å². The van der Waals surface area contributed by atoms with E-state index in [2.05, 4.69) is 83.2 Å². The largest absolute Gasteiger partial charge is 0.391 e. The maximum atomic E-state index is 14.1. The highest BCUT2D eigenvalue weighted by Crippen LogP contribution is 2.35. The van der Waals surface area contributed by atoms with E-state index in [1.165, 1.54) is 10.5 Å². The third kappa shape index (κ3) is 19.4. The number of likely N-dealkylation sites (tertiary alicyclic amines) is 1. The molecule has 0 bridgehead atoms. The van der Waals surface area contributed by atoms with Gasteiger partial charge in [-0.2, -0.15) is 0 Å². The number of pyridine rings is 1. The predicted molar refractivity (Wildman–Crippen MR) is 354 cm³/mol. The Bertz CT molecular complexity index is 3220. The number of thiazole rings is 1. The first kappa shape index (κ1) is 68.1. The molecule has 482 valence electrons. The Hall–Kier alpha value is -6.77. The van der Waals surface area contributed by atoms with E-state index in [4.69, 9.17) is 4.74 Å². The minimum Gasteiger partial charge on any atom is -0.391 e. The molecule has 5 aromatic rings. The summed E-state index contributed by atoms with van der Waals surface area (Å²) in [5, 5.41) is 22.8. The van der Waals surface area contributed by atoms with Gasteiger partial charge in [0.1, 0.15) is 12.1 Å². The maximum absolute atomic E-state index is 14.1. The molecule has 0 radical (unpaired) electrons. The summed E-state index contributed by atoms with van der Waals surface area (Å²) in [5.74, 6) is -0.994. The average molecular weight is 1240 g/mol. The first-order valence-electron chi connectivity index (χ1n) is 32.6. The number of unbranched alkanes of at least 4 members (excludes halogenated alkanes) is 7. The molecular formula is C70H98N10O8S. The number of nitrogens with zero attached hydrogens (tertiary/aromatic N) is 5. The summed E-state index contributed by atoms with van der Waals surface area (Å²) >= 11 is 1.58. The molecule has 5 heterocycles. The smallest absolute Gasteiger partial charge is 0.253 e. The quantitative estimate of drug-likeness (QED) is 0.0247. The number of anilines is 1. The molecule has 3 fully saturated rings. The number of aromatic amines is 1. The van der Waals surface area contributed by atoms with Crippen molar-refractivity contribution in [2.24, 2.45) is 5.41 Å². The number of benzene rings is 3. The number of aliphatic hydroxyl groups excluding tert-OH is 1. The van der Waals surface area contributed by atoms with Gasteiger partial charge in [-0.25, -0.2) is 4.98 Å². The molecule has 19 heteroatoms. The summed E-state index contributed by atoms with van der Waals surface area (Å²) in [6.45, 7) is 24.2. The van der Waals surface area contributed by atoms with E-state index in [0.29, 0.717) is 43.0 Å². The lowest BCUT2D eigenvalue weighted by Crippen LogP contribution is -2.57. The molecule has 18 nitrogen and oxygen atoms in total. The second kappa shape index (κ2) is 32.8. The maximum Gasteiger partial charge on any atom is 0.253 e. The number of aryl methyl sites for hydroxylation is 3. The molecule has 0 aliphatic carbocycles. The molecule has 89 heavy (non-hydrogen) atoms. The molecule has 3 atom stereocenters. The molecule has 5 amide bonds. The van der Waals surface area contributed by atoms with Crippen LogP contribution in [0.25, 0.3) is 21.6 Å². The van der Waals surface area contributed by atoms with Gasteiger partial charge in [0.2, 0.25) is 23.6 Å². The topological polar surface area (TPSA) is 222 Å². The zero-order valence-corrected chi connectivity index (χ0v) is 54.9. The standard InChI is InChI=1S/C70H98N10O8S/c1-9-79(56-28-36-88-37-29-56)60-40-55(39-58(49(60)4)66(84)73-43-59-47(2)38-48(3)75-67(59)85)53-23-21-52(22-24-53)44-78-34-32-77(33-35-78)31-27-62(82)71-30-17-15-13-11-10-12-14-16-18-63(83)76-65(70(6,7)8)69(87)80-45-57(81)41-61(80)68(86)72-42-51-19-25-54(26-20-51)64-50(5)74-46-89-64/h19-26,38-40,46,56-57,61,65,81H,9-18,27-37,41-45H2,1-8H3,(H,71,82)(H,72,86)(H,73,84)(H,75,85)(H,76,83)/t57-,61+,65-/m1/s1. The van der Waals surface area contributed by atoms with Crippen molar-refractivity contribution < 1.29 is 33.8 Å². The molecule has 0 spiro atoms. The molecule has 0 saturated carbocycles. The van der Waals surface area contributed by atoms with Crippen LogP contribution in [0.3, 0.4) is 0 Å². The minimum atomic E-state index is -0.853. The number of aromatic nitrogens is 2. The van der Waals surface area contributed by atoms with Gasteiger partial charge in [-0.3, -0.25) is 33.7 Å². The van der Waals surface area contributed by atoms with E-state index in [1.807, 2.05) is 90.4 Å². The Morgan fingerprint density at radius 2 is 1.42 bits per heavy atom. The van der Waals surface area contributed by atoms with Crippen LogP contribution in [0.15, 0.2) is 77.0 Å². The number of aliphatic hydroxyl groups is 1. The predicted octanol–water partition coefficient (Wildman–Crippen LogP) is 9.28. The van der Waals surface area contributed by atoms with Crippen molar-refractivity contribution in [1.82, 2.24) is 45.9 Å². The van der Waals surface area contributed by atoms with Gasteiger partial charge in [0.05, 0.1) is 22.2 Å². The first-order valence-corrected chi connectivity index (χ1v) is 33.5. The van der Waals surface area contributed by atoms with Crippen molar-refractivity contribution >= 4 is 46.6 Å². The van der Waals surface area contributed by atoms with Crippen LogP contribution in [0.2, 0.25) is 0 Å². The van der Waals surface area contributed by atoms with Crippen LogP contribution in [0.5, 0.6) is 0 Å². The summed E-state index contributed by atoms with van der Waals surface area (Å²) in [7, 11) is 0. The summed E-state index contributed by atoms with van der Waals surface area (Å²) in [4.78, 5) is 97.5. The Labute approximate surface area is 531 Å². The summed E-state index contributed by atoms with van der Waals surface area (Å²) in [6.07, 6.45) is 9.86. The Morgan fingerprint density at radius 1 is 0.764 bits per heavy atom. The number of carbonyl (C=O) groups is 5. The van der Waals surface area contributed by atoms with Crippen molar-refractivity contribution in [2.45, 2.75) is 183 Å². The Kier molecular flexibility index (Phi) is 25.1. The fraction of sp³-hybridized carbons (Fsp3) is 0.557. The van der Waals surface area contributed by atoms with Gasteiger partial charge in [0.25, 0.3) is 11.5 Å². The lowest BCUT2D eigenvalue weighted by molar-refractivity contribution is -0.144. The highest BCUT2D eigenvalue weighted by molar-refractivity contribution is 7.13. The van der Waals surface area contributed by atoms with E-state index in [0.717, 1.165) is 172 Å². The SMILES string of the molecule is CCN(c1cc(-c2ccc(CN3CCN(CCC(=O)NCCCCCCCCCCC(=O)N[C@H](C(=O)N4C[C@H](O)C[C@H]4C(=O)NCc4ccc(-c5scnc5C)cc4)C(C)(C)C)CC3)cc2)cc(C(=O)NCc2c(C)cc(C)[nH]c2=O)c1C)C1CCOCC1. The second-order valence-corrected chi connectivity index (χ2v) is 26.7. The molecule has 3 aromatic carbocycles. The molecule has 3 saturated heterocycles. The van der Waals surface area contributed by atoms with E-state index in [-0.39, 0.29) is 61.2 Å². The molecule has 2 aromatic heterocycles. The number of piperazine rings is 1. The highest BCUT2D eigenvalue weighted by Gasteiger charge is 2.44. The van der Waals surface area contributed by atoms with Crippen LogP contribution in [0.4, 0.5) is 5.69 Å². The van der Waals surface area contributed by atoms with E-state index < -0.39 is 23.6 Å². The fourth-order valence-corrected chi connectivity index (χ4v) is 13.5. The van der Waals surface area contributed by atoms with Crippen LogP contribution in [0, 0.1) is 33.1 Å². The summed E-state index contributed by atoms with van der Waals surface area (Å²) in [6, 6.07) is 21.4. The average Bonchev–Trinajstić information content (AvgIpc) is 2.72. The zero-order valence-electron chi connectivity index (χ0n) is 54.1. The van der Waals surface area contributed by atoms with Crippen LogP contribution in [0.1, 0.15) is 161 Å². The second-order valence-electron chi connectivity index (χ2n) is 25.9. The van der Waals surface area contributed by atoms with Crippen molar-refractivity contribution in [2.75, 3.05) is 70.5 Å². The number of nitrogens with one attached hydrogen (secondary N) is 5. The fourth-order valence-electron chi connectivity index (χ4n) is 12.7. The van der Waals surface area contributed by atoms with Gasteiger partial charge in [0, 0.05) is 133 Å². The third-order valence-electron chi connectivity index (χ3n) is 18.0. The van der Waals surface area contributed by atoms with Crippen molar-refractivity contribution in [3.8, 4) is 21.6 Å². The molecule has 3 aliphatic heterocycles. The minimum absolute atomic E-state index is 0.0313. The number of rotatable bonds is 29. The van der Waals surface area contributed by atoms with Crippen LogP contribution in [-0.4, -0.2) is 149 Å². The van der Waals surface area contributed by atoms with Gasteiger partial charge < -0.3 is 50.8 Å². The lowest BCUT2D eigenvalue weighted by Gasteiger charge is -2.37. The first-order chi connectivity index (χ1) is 42.8. The van der Waals surface area contributed by atoms with Crippen molar-refractivity contribution in [1.29, 1.82) is 0 Å². The van der Waals surface area contributed by atoms with Crippen LogP contribution >= 0.6 is 11.3 Å². The number of H-pyrrole nitrogens is 1. The molecule has 3 aliphatic rings. The normalized spacial score (nSPS) is 17.1. The third-order valence-corrected chi connectivity index (χ3v) is 19.0. The van der Waals surface area contributed by atoms with Gasteiger partial charge in [-0.15, -0.1) is 11.3 Å². The van der Waals surface area contributed by atoms with Gasteiger partial charge in [-0.1, -0.05) is 108 Å². The summed E-state index contributed by atoms with van der Waals surface area (Å²) < 4.78 is 5.72. The number of hydrogen-bond acceptors (Lipinski definition) is 13. The van der Waals surface area contributed by atoms with Crippen LogP contribution in [-0.2, 0) is 43.5 Å².